The molecule has 1 amide bonds. The molecule has 1 saturated heterocycles. The average Bonchev–Trinajstić information content (AvgIpc) is 2.71. The van der Waals surface area contributed by atoms with Crippen LogP contribution in [-0.4, -0.2) is 23.9 Å². The minimum Gasteiger partial charge on any atom is -0.339 e. The number of nitrogens with zero attached hydrogens (tertiary/aromatic N) is 2. The number of nitrogens with one attached hydrogen (secondary N) is 2. The van der Waals surface area contributed by atoms with Gasteiger partial charge < -0.3 is 5.32 Å². The van der Waals surface area contributed by atoms with Crippen molar-refractivity contribution in [1.82, 2.24) is 15.6 Å². The summed E-state index contributed by atoms with van der Waals surface area (Å²) >= 11 is 1.53. The number of aromatic nitrogens is 1. The van der Waals surface area contributed by atoms with Crippen LogP contribution in [0.25, 0.3) is 0 Å². The Morgan fingerprint density at radius 3 is 2.93 bits per heavy atom. The van der Waals surface area contributed by atoms with Crippen LogP contribution in [0.2, 0.25) is 0 Å². The van der Waals surface area contributed by atoms with Crippen LogP contribution in [0, 0.1) is 6.92 Å². The van der Waals surface area contributed by atoms with Crippen LogP contribution in [0.15, 0.2) is 10.4 Å². The molecule has 1 aromatic heterocycles. The summed E-state index contributed by atoms with van der Waals surface area (Å²) in [5.74, 6) is 0.404. The molecular weight excluding hydrogens is 200 g/mol. The first-order valence-corrected chi connectivity index (χ1v) is 5.05. The number of aliphatic imine (C=N–C) groups is 1. The number of aryl methyl sites for hydroxylation is 1. The molecule has 0 spiro atoms. The van der Waals surface area contributed by atoms with Gasteiger partial charge in [-0.3, -0.25) is 15.1 Å². The van der Waals surface area contributed by atoms with Gasteiger partial charge in [0.25, 0.3) is 5.91 Å². The lowest BCUT2D eigenvalue weighted by Gasteiger charge is -2.02. The predicted octanol–water partition coefficient (Wildman–Crippen LogP) is 0.198. The van der Waals surface area contributed by atoms with Crippen molar-refractivity contribution in [1.29, 1.82) is 0 Å². The van der Waals surface area contributed by atoms with Gasteiger partial charge in [0.1, 0.15) is 0 Å². The molecule has 1 aromatic rings. The maximum absolute atomic E-state index is 11.5. The zero-order chi connectivity index (χ0) is 10.1. The zero-order valence-corrected chi connectivity index (χ0v) is 8.68. The Bertz CT molecular complexity index is 398. The molecule has 2 rings (SSSR count). The third-order valence-electron chi connectivity index (χ3n) is 1.94. The summed E-state index contributed by atoms with van der Waals surface area (Å²) in [6.45, 7) is 1.91. The van der Waals surface area contributed by atoms with E-state index < -0.39 is 6.04 Å². The van der Waals surface area contributed by atoms with Gasteiger partial charge in [-0.25, -0.2) is 4.98 Å². The van der Waals surface area contributed by atoms with Crippen molar-refractivity contribution in [2.45, 2.75) is 13.0 Å². The first-order chi connectivity index (χ1) is 6.70. The van der Waals surface area contributed by atoms with Gasteiger partial charge in [0.05, 0.1) is 10.7 Å². The molecular formula is C8H10N4OS. The maximum Gasteiger partial charge on any atom is 0.255 e. The van der Waals surface area contributed by atoms with E-state index in [1.54, 1.807) is 7.05 Å². The third kappa shape index (κ3) is 1.48. The summed E-state index contributed by atoms with van der Waals surface area (Å²) in [5, 5.41) is 8.41. The van der Waals surface area contributed by atoms with Crippen LogP contribution in [0.1, 0.15) is 16.7 Å². The topological polar surface area (TPSA) is 66.4 Å². The van der Waals surface area contributed by atoms with E-state index in [2.05, 4.69) is 20.6 Å². The molecule has 74 valence electrons. The number of carbonyl (C=O) groups excluding carboxylic acids is 1. The number of hydrogen-bond donors (Lipinski definition) is 2. The fourth-order valence-electron chi connectivity index (χ4n) is 1.27. The highest BCUT2D eigenvalue weighted by Gasteiger charge is 2.30. The Labute approximate surface area is 85.3 Å². The maximum atomic E-state index is 11.5. The zero-order valence-electron chi connectivity index (χ0n) is 7.87. The predicted molar refractivity (Wildman–Crippen MR) is 54.2 cm³/mol. The van der Waals surface area contributed by atoms with Gasteiger partial charge in [0.2, 0.25) is 0 Å². The minimum atomic E-state index is -0.390. The number of guanidine groups is 1. The second-order valence-corrected chi connectivity index (χ2v) is 3.99. The first kappa shape index (κ1) is 9.14. The summed E-state index contributed by atoms with van der Waals surface area (Å²) in [6, 6.07) is -0.390. The number of rotatable bonds is 1. The molecule has 14 heavy (non-hydrogen) atoms. The van der Waals surface area contributed by atoms with E-state index >= 15 is 0 Å². The van der Waals surface area contributed by atoms with E-state index in [0.29, 0.717) is 5.96 Å². The molecule has 6 heteroatoms. The number of thiazole rings is 1. The third-order valence-corrected chi connectivity index (χ3v) is 2.73. The van der Waals surface area contributed by atoms with E-state index in [4.69, 9.17) is 0 Å². The largest absolute Gasteiger partial charge is 0.339 e. The standard InChI is InChI=1S/C8H10N4OS/c1-4-10-5(3-14-4)6-7(13)12-8(9-2)11-6/h3,6H,1-2H3,(H2,9,11,12,13). The number of hydrogen-bond acceptors (Lipinski definition) is 4. The monoisotopic (exact) mass is 210 g/mol. The molecule has 1 atom stereocenters. The Morgan fingerprint density at radius 2 is 2.43 bits per heavy atom. The Balaban J connectivity index is 2.24. The smallest absolute Gasteiger partial charge is 0.255 e. The fourth-order valence-corrected chi connectivity index (χ4v) is 1.91. The summed E-state index contributed by atoms with van der Waals surface area (Å²) in [5.41, 5.74) is 0.753. The molecule has 0 bridgehead atoms. The average molecular weight is 210 g/mol. The van der Waals surface area contributed by atoms with Gasteiger partial charge in [0, 0.05) is 12.4 Å². The van der Waals surface area contributed by atoms with Crippen molar-refractivity contribution < 1.29 is 4.79 Å². The van der Waals surface area contributed by atoms with E-state index in [1.807, 2.05) is 12.3 Å². The molecule has 0 aromatic carbocycles. The van der Waals surface area contributed by atoms with E-state index in [-0.39, 0.29) is 5.91 Å². The Hall–Kier alpha value is -1.43. The van der Waals surface area contributed by atoms with Crippen LogP contribution < -0.4 is 10.6 Å². The van der Waals surface area contributed by atoms with Gasteiger partial charge in [-0.15, -0.1) is 11.3 Å². The quantitative estimate of drug-likeness (QED) is 0.695. The Kier molecular flexibility index (Phi) is 2.20. The van der Waals surface area contributed by atoms with Crippen LogP contribution >= 0.6 is 11.3 Å². The number of amides is 1. The second-order valence-electron chi connectivity index (χ2n) is 2.93. The van der Waals surface area contributed by atoms with Crippen molar-refractivity contribution in [2.24, 2.45) is 4.99 Å². The van der Waals surface area contributed by atoms with Crippen molar-refractivity contribution >= 4 is 23.2 Å². The molecule has 2 heterocycles. The fraction of sp³-hybridized carbons (Fsp3) is 0.375. The molecule has 2 N–H and O–H groups in total. The van der Waals surface area contributed by atoms with Crippen LogP contribution in [-0.2, 0) is 4.79 Å². The molecule has 1 unspecified atom stereocenters. The molecule has 1 aliphatic heterocycles. The van der Waals surface area contributed by atoms with Gasteiger partial charge in [-0.05, 0) is 6.92 Å². The number of carbonyl (C=O) groups is 1. The lowest BCUT2D eigenvalue weighted by atomic mass is 10.2. The molecule has 0 saturated carbocycles. The van der Waals surface area contributed by atoms with Crippen LogP contribution in [0.3, 0.4) is 0 Å². The van der Waals surface area contributed by atoms with E-state index in [9.17, 15) is 4.79 Å². The highest BCUT2D eigenvalue weighted by atomic mass is 32.1. The summed E-state index contributed by atoms with van der Waals surface area (Å²) in [4.78, 5) is 19.6. The van der Waals surface area contributed by atoms with Gasteiger partial charge in [-0.2, -0.15) is 0 Å². The second kappa shape index (κ2) is 3.38. The van der Waals surface area contributed by atoms with Crippen LogP contribution in [0.4, 0.5) is 0 Å². The normalized spacial score (nSPS) is 23.7. The Morgan fingerprint density at radius 1 is 1.64 bits per heavy atom. The highest BCUT2D eigenvalue weighted by Crippen LogP contribution is 2.18. The van der Waals surface area contributed by atoms with Crippen molar-refractivity contribution in [3.05, 3.63) is 16.1 Å². The lowest BCUT2D eigenvalue weighted by molar-refractivity contribution is -0.120. The van der Waals surface area contributed by atoms with Gasteiger partial charge in [-0.1, -0.05) is 0 Å². The summed E-state index contributed by atoms with van der Waals surface area (Å²) in [6.07, 6.45) is 0. The summed E-state index contributed by atoms with van der Waals surface area (Å²) in [7, 11) is 1.62. The molecule has 1 fully saturated rings. The highest BCUT2D eigenvalue weighted by molar-refractivity contribution is 7.09. The molecule has 1 aliphatic rings. The van der Waals surface area contributed by atoms with Crippen molar-refractivity contribution in [2.75, 3.05) is 7.05 Å². The lowest BCUT2D eigenvalue weighted by Crippen LogP contribution is -2.24. The van der Waals surface area contributed by atoms with Gasteiger partial charge >= 0.3 is 0 Å². The molecule has 5 nitrogen and oxygen atoms in total. The van der Waals surface area contributed by atoms with Crippen molar-refractivity contribution in [3.63, 3.8) is 0 Å². The summed E-state index contributed by atoms with van der Waals surface area (Å²) < 4.78 is 0. The first-order valence-electron chi connectivity index (χ1n) is 4.17. The minimum absolute atomic E-state index is 0.101. The molecule has 0 radical (unpaired) electrons. The van der Waals surface area contributed by atoms with E-state index in [1.165, 1.54) is 11.3 Å². The molecule has 0 aliphatic carbocycles. The van der Waals surface area contributed by atoms with Gasteiger partial charge in [0.15, 0.2) is 12.0 Å². The van der Waals surface area contributed by atoms with Crippen LogP contribution in [0.5, 0.6) is 0 Å². The van der Waals surface area contributed by atoms with Crippen molar-refractivity contribution in [3.8, 4) is 0 Å². The SMILES string of the molecule is CN=C1NC(=O)C(c2csc(C)n2)N1. The van der Waals surface area contributed by atoms with E-state index in [0.717, 1.165) is 10.7 Å².